The van der Waals surface area contributed by atoms with Crippen molar-refractivity contribution in [2.45, 2.75) is 44.5 Å². The first-order chi connectivity index (χ1) is 13.7. The molecule has 3 heterocycles. The molecular formula is C20H24ClF3N4O2. The molecule has 3 N–H and O–H groups in total. The number of aromatic nitrogens is 2. The van der Waals surface area contributed by atoms with Gasteiger partial charge >= 0.3 is 6.18 Å². The SMILES string of the molecule is Cc1cc(C(F)(F)F)cc(O)c1-c1cc2c(nn1)N([C@H]1CNC[C@@H](O)C1)CCC2.Cl. The van der Waals surface area contributed by atoms with E-state index in [0.717, 1.165) is 49.4 Å². The molecule has 2 atom stereocenters. The Bertz CT molecular complexity index is 902. The van der Waals surface area contributed by atoms with Crippen molar-refractivity contribution < 1.29 is 23.4 Å². The number of fused-ring (bicyclic) bond motifs is 1. The first kappa shape index (κ1) is 22.6. The number of phenols is 1. The summed E-state index contributed by atoms with van der Waals surface area (Å²) in [7, 11) is 0. The number of β-amino-alcohol motifs (C(OH)–C–C–N with tert-alkyl or cyclic N) is 1. The molecule has 1 fully saturated rings. The van der Waals surface area contributed by atoms with Crippen molar-refractivity contribution in [2.75, 3.05) is 24.5 Å². The van der Waals surface area contributed by atoms with Gasteiger partial charge in [0.25, 0.3) is 0 Å². The van der Waals surface area contributed by atoms with Crippen molar-refractivity contribution in [3.63, 3.8) is 0 Å². The molecule has 0 unspecified atom stereocenters. The van der Waals surface area contributed by atoms with Crippen LogP contribution in [0, 0.1) is 6.92 Å². The summed E-state index contributed by atoms with van der Waals surface area (Å²) in [5, 5.41) is 32.0. The number of phenolic OH excluding ortho intramolecular Hbond substituents is 1. The molecule has 0 amide bonds. The van der Waals surface area contributed by atoms with Crippen LogP contribution in [0.4, 0.5) is 19.0 Å². The molecule has 2 aromatic rings. The van der Waals surface area contributed by atoms with Crippen LogP contribution in [0.3, 0.4) is 0 Å². The number of hydrogen-bond donors (Lipinski definition) is 3. The van der Waals surface area contributed by atoms with Crippen LogP contribution in [-0.2, 0) is 12.6 Å². The van der Waals surface area contributed by atoms with Crippen LogP contribution >= 0.6 is 12.4 Å². The predicted molar refractivity (Wildman–Crippen MR) is 109 cm³/mol. The Morgan fingerprint density at radius 2 is 1.93 bits per heavy atom. The highest BCUT2D eigenvalue weighted by atomic mass is 35.5. The number of aryl methyl sites for hydroxylation is 2. The van der Waals surface area contributed by atoms with Crippen molar-refractivity contribution in [1.29, 1.82) is 0 Å². The highest BCUT2D eigenvalue weighted by Gasteiger charge is 2.33. The summed E-state index contributed by atoms with van der Waals surface area (Å²) in [6, 6.07) is 3.65. The molecule has 0 saturated carbocycles. The Morgan fingerprint density at radius 1 is 1.17 bits per heavy atom. The number of aliphatic hydroxyl groups is 1. The van der Waals surface area contributed by atoms with E-state index in [2.05, 4.69) is 20.4 Å². The van der Waals surface area contributed by atoms with Crippen LogP contribution in [0.1, 0.15) is 29.5 Å². The fourth-order valence-corrected chi connectivity index (χ4v) is 4.27. The van der Waals surface area contributed by atoms with Gasteiger partial charge in [0.2, 0.25) is 0 Å². The standard InChI is InChI=1S/C20H23F3N4O2.ClH/c1-11-5-13(20(21,22)23)7-17(29)18(11)16-6-12-3-2-4-27(19(12)26-25-16)14-8-15(28)10-24-9-14;/h5-7,14-15,24,28-29H,2-4,8-10H2,1H3;1H/t14-,15+;/m1./s1. The third-order valence-corrected chi connectivity index (χ3v) is 5.61. The molecular weight excluding hydrogens is 421 g/mol. The second kappa shape index (κ2) is 8.56. The summed E-state index contributed by atoms with van der Waals surface area (Å²) in [5.74, 6) is 0.281. The molecule has 1 aromatic heterocycles. The predicted octanol–water partition coefficient (Wildman–Crippen LogP) is 3.07. The average Bonchev–Trinajstić information content (AvgIpc) is 2.66. The monoisotopic (exact) mass is 444 g/mol. The third-order valence-electron chi connectivity index (χ3n) is 5.61. The van der Waals surface area contributed by atoms with E-state index in [4.69, 9.17) is 0 Å². The van der Waals surface area contributed by atoms with Crippen LogP contribution in [0.2, 0.25) is 0 Å². The fourth-order valence-electron chi connectivity index (χ4n) is 4.27. The molecule has 1 aromatic carbocycles. The summed E-state index contributed by atoms with van der Waals surface area (Å²) in [4.78, 5) is 2.14. The summed E-state index contributed by atoms with van der Waals surface area (Å²) < 4.78 is 39.0. The number of nitrogens with one attached hydrogen (secondary N) is 1. The first-order valence-electron chi connectivity index (χ1n) is 9.67. The third kappa shape index (κ3) is 4.33. The van der Waals surface area contributed by atoms with Crippen molar-refractivity contribution >= 4 is 18.2 Å². The summed E-state index contributed by atoms with van der Waals surface area (Å²) in [6.45, 7) is 3.66. The summed E-state index contributed by atoms with van der Waals surface area (Å²) in [6.07, 6.45) is -2.60. The molecule has 6 nitrogen and oxygen atoms in total. The van der Waals surface area contributed by atoms with Crippen molar-refractivity contribution in [3.05, 3.63) is 34.9 Å². The van der Waals surface area contributed by atoms with E-state index in [0.29, 0.717) is 24.2 Å². The van der Waals surface area contributed by atoms with Gasteiger partial charge in [-0.2, -0.15) is 13.2 Å². The minimum atomic E-state index is -4.53. The van der Waals surface area contributed by atoms with Gasteiger partial charge in [-0.25, -0.2) is 0 Å². The summed E-state index contributed by atoms with van der Waals surface area (Å²) in [5.41, 5.74) is 0.965. The number of alkyl halides is 3. The fraction of sp³-hybridized carbons (Fsp3) is 0.500. The second-order valence-corrected chi connectivity index (χ2v) is 7.76. The van der Waals surface area contributed by atoms with Gasteiger partial charge in [0.05, 0.1) is 17.4 Å². The maximum absolute atomic E-state index is 13.0. The summed E-state index contributed by atoms with van der Waals surface area (Å²) >= 11 is 0. The lowest BCUT2D eigenvalue weighted by atomic mass is 9.96. The van der Waals surface area contributed by atoms with Gasteiger partial charge in [0.1, 0.15) is 5.75 Å². The maximum Gasteiger partial charge on any atom is 0.416 e. The number of piperidine rings is 1. The van der Waals surface area contributed by atoms with Gasteiger partial charge in [0.15, 0.2) is 5.82 Å². The van der Waals surface area contributed by atoms with E-state index < -0.39 is 23.6 Å². The number of halogens is 4. The molecule has 164 valence electrons. The zero-order chi connectivity index (χ0) is 20.8. The van der Waals surface area contributed by atoms with E-state index in [1.807, 2.05) is 0 Å². The van der Waals surface area contributed by atoms with E-state index in [1.165, 1.54) is 6.92 Å². The lowest BCUT2D eigenvalue weighted by molar-refractivity contribution is -0.137. The van der Waals surface area contributed by atoms with E-state index >= 15 is 0 Å². The number of benzene rings is 1. The highest BCUT2D eigenvalue weighted by Crippen LogP contribution is 2.39. The maximum atomic E-state index is 13.0. The Kier molecular flexibility index (Phi) is 6.45. The van der Waals surface area contributed by atoms with Crippen LogP contribution < -0.4 is 10.2 Å². The van der Waals surface area contributed by atoms with Crippen LogP contribution in [0.25, 0.3) is 11.3 Å². The van der Waals surface area contributed by atoms with Crippen molar-refractivity contribution in [2.24, 2.45) is 0 Å². The second-order valence-electron chi connectivity index (χ2n) is 7.76. The van der Waals surface area contributed by atoms with E-state index in [-0.39, 0.29) is 24.0 Å². The number of aromatic hydroxyl groups is 1. The number of aliphatic hydroxyl groups excluding tert-OH is 1. The number of hydrogen-bond acceptors (Lipinski definition) is 6. The lowest BCUT2D eigenvalue weighted by Gasteiger charge is -2.40. The molecule has 1 saturated heterocycles. The molecule has 2 aliphatic rings. The van der Waals surface area contributed by atoms with E-state index in [9.17, 15) is 23.4 Å². The Labute approximate surface area is 178 Å². The van der Waals surface area contributed by atoms with Gasteiger partial charge < -0.3 is 20.4 Å². The Hall–Kier alpha value is -2.10. The molecule has 30 heavy (non-hydrogen) atoms. The highest BCUT2D eigenvalue weighted by molar-refractivity contribution is 5.85. The van der Waals surface area contributed by atoms with Gasteiger partial charge in [-0.05, 0) is 55.5 Å². The van der Waals surface area contributed by atoms with Gasteiger partial charge in [-0.3, -0.25) is 0 Å². The zero-order valence-electron chi connectivity index (χ0n) is 16.4. The largest absolute Gasteiger partial charge is 0.507 e. The molecule has 0 bridgehead atoms. The van der Waals surface area contributed by atoms with E-state index in [1.54, 1.807) is 6.07 Å². The molecule has 2 aliphatic heterocycles. The minimum Gasteiger partial charge on any atom is -0.507 e. The van der Waals surface area contributed by atoms with Crippen LogP contribution in [-0.4, -0.2) is 52.2 Å². The Balaban J connectivity index is 0.00000256. The van der Waals surface area contributed by atoms with Gasteiger partial charge in [-0.15, -0.1) is 22.6 Å². The number of rotatable bonds is 2. The normalized spacial score (nSPS) is 21.7. The minimum absolute atomic E-state index is 0. The first-order valence-corrected chi connectivity index (χ1v) is 9.67. The van der Waals surface area contributed by atoms with Crippen molar-refractivity contribution in [1.82, 2.24) is 15.5 Å². The molecule has 4 rings (SSSR count). The quantitative estimate of drug-likeness (QED) is 0.660. The Morgan fingerprint density at radius 3 is 2.60 bits per heavy atom. The number of anilines is 1. The molecule has 10 heteroatoms. The van der Waals surface area contributed by atoms with Gasteiger partial charge in [0, 0.05) is 31.2 Å². The molecule has 0 spiro atoms. The lowest BCUT2D eigenvalue weighted by Crippen LogP contribution is -2.52. The van der Waals surface area contributed by atoms with Gasteiger partial charge in [-0.1, -0.05) is 0 Å². The molecule has 0 radical (unpaired) electrons. The number of nitrogens with zero attached hydrogens (tertiary/aromatic N) is 3. The van der Waals surface area contributed by atoms with Crippen LogP contribution in [0.5, 0.6) is 5.75 Å². The average molecular weight is 445 g/mol. The van der Waals surface area contributed by atoms with Crippen LogP contribution in [0.15, 0.2) is 18.2 Å². The van der Waals surface area contributed by atoms with Crippen molar-refractivity contribution in [3.8, 4) is 17.0 Å². The smallest absolute Gasteiger partial charge is 0.416 e. The molecule has 0 aliphatic carbocycles. The topological polar surface area (TPSA) is 81.5 Å². The zero-order valence-corrected chi connectivity index (χ0v) is 17.2.